The lowest BCUT2D eigenvalue weighted by molar-refractivity contribution is 1.62. The molecule has 0 amide bonds. The second-order valence-corrected chi connectivity index (χ2v) is 4.30. The molecule has 0 bridgehead atoms. The summed E-state index contributed by atoms with van der Waals surface area (Å²) in [6.45, 7) is 2.16. The zero-order chi connectivity index (χ0) is 7.68. The maximum atomic E-state index is 2.19. The van der Waals surface area contributed by atoms with Gasteiger partial charge >= 0.3 is 0 Å². The van der Waals surface area contributed by atoms with Gasteiger partial charge in [-0.2, -0.15) is 11.3 Å². The van der Waals surface area contributed by atoms with Gasteiger partial charge in [-0.25, -0.2) is 0 Å². The van der Waals surface area contributed by atoms with Crippen LogP contribution in [0.5, 0.6) is 0 Å². The van der Waals surface area contributed by atoms with Crippen molar-refractivity contribution < 1.29 is 0 Å². The van der Waals surface area contributed by atoms with Crippen molar-refractivity contribution in [3.05, 3.63) is 33.2 Å². The van der Waals surface area contributed by atoms with Crippen molar-refractivity contribution in [1.29, 1.82) is 0 Å². The first kappa shape index (κ1) is 7.07. The molecule has 2 rings (SSSR count). The molecule has 0 atom stereocenters. The molecule has 0 saturated heterocycles. The molecule has 0 unspecified atom stereocenters. The third kappa shape index (κ3) is 1.24. The molecule has 2 heterocycles. The molecule has 2 aromatic heterocycles. The number of thiophene rings is 2. The van der Waals surface area contributed by atoms with Gasteiger partial charge in [0.15, 0.2) is 0 Å². The van der Waals surface area contributed by atoms with Crippen molar-refractivity contribution in [3.8, 4) is 11.1 Å². The Morgan fingerprint density at radius 2 is 2.09 bits per heavy atom. The minimum atomic E-state index is 1.36. The first-order chi connectivity index (χ1) is 5.38. The Hall–Kier alpha value is -0.600. The monoisotopic (exact) mass is 180 g/mol. The first-order valence-electron chi connectivity index (χ1n) is 3.44. The van der Waals surface area contributed by atoms with E-state index in [-0.39, 0.29) is 0 Å². The number of hydrogen-bond acceptors (Lipinski definition) is 2. The van der Waals surface area contributed by atoms with Crippen LogP contribution in [-0.2, 0) is 0 Å². The van der Waals surface area contributed by atoms with Crippen LogP contribution in [0.3, 0.4) is 0 Å². The summed E-state index contributed by atoms with van der Waals surface area (Å²) in [5.41, 5.74) is 2.74. The van der Waals surface area contributed by atoms with Crippen LogP contribution in [0, 0.1) is 6.92 Å². The average Bonchev–Trinajstić information content (AvgIpc) is 2.55. The Morgan fingerprint density at radius 1 is 1.18 bits per heavy atom. The SMILES string of the molecule is Cc1sccc1-c1ccsc1. The molecule has 0 nitrogen and oxygen atoms in total. The van der Waals surface area contributed by atoms with Crippen LogP contribution >= 0.6 is 22.7 Å². The Morgan fingerprint density at radius 3 is 2.64 bits per heavy atom. The van der Waals surface area contributed by atoms with Gasteiger partial charge in [0.05, 0.1) is 0 Å². The van der Waals surface area contributed by atoms with Crippen LogP contribution < -0.4 is 0 Å². The normalized spacial score (nSPS) is 10.3. The molecule has 2 aromatic rings. The zero-order valence-electron chi connectivity index (χ0n) is 6.20. The summed E-state index contributed by atoms with van der Waals surface area (Å²) in [6.07, 6.45) is 0. The highest BCUT2D eigenvalue weighted by molar-refractivity contribution is 7.10. The quantitative estimate of drug-likeness (QED) is 0.626. The molecule has 56 valence electrons. The van der Waals surface area contributed by atoms with Gasteiger partial charge in [0.2, 0.25) is 0 Å². The van der Waals surface area contributed by atoms with Crippen LogP contribution in [0.25, 0.3) is 11.1 Å². The standard InChI is InChI=1S/C9H8S2/c1-7-9(3-5-11-7)8-2-4-10-6-8/h2-6H,1H3. The predicted molar refractivity (Wildman–Crippen MR) is 52.4 cm³/mol. The van der Waals surface area contributed by atoms with Crippen molar-refractivity contribution in [2.75, 3.05) is 0 Å². The van der Waals surface area contributed by atoms with Crippen molar-refractivity contribution in [2.24, 2.45) is 0 Å². The van der Waals surface area contributed by atoms with Gasteiger partial charge in [-0.3, -0.25) is 0 Å². The third-order valence-electron chi connectivity index (χ3n) is 1.69. The molecule has 11 heavy (non-hydrogen) atoms. The molecule has 2 heteroatoms. The molecular formula is C9H8S2. The fraction of sp³-hybridized carbons (Fsp3) is 0.111. The van der Waals surface area contributed by atoms with Crippen LogP contribution in [0.2, 0.25) is 0 Å². The molecule has 0 saturated carbocycles. The second-order valence-electron chi connectivity index (χ2n) is 2.40. The Bertz CT molecular complexity index is 330. The maximum Gasteiger partial charge on any atom is 0.00928 e. The number of rotatable bonds is 1. The highest BCUT2D eigenvalue weighted by Gasteiger charge is 2.01. The Kier molecular flexibility index (Phi) is 1.80. The van der Waals surface area contributed by atoms with Crippen molar-refractivity contribution in [3.63, 3.8) is 0 Å². The van der Waals surface area contributed by atoms with E-state index in [0.717, 1.165) is 0 Å². The van der Waals surface area contributed by atoms with Crippen LogP contribution in [-0.4, -0.2) is 0 Å². The summed E-state index contributed by atoms with van der Waals surface area (Å²) >= 11 is 3.56. The van der Waals surface area contributed by atoms with E-state index in [1.807, 2.05) is 11.3 Å². The summed E-state index contributed by atoms with van der Waals surface area (Å²) in [5, 5.41) is 6.45. The number of hydrogen-bond donors (Lipinski definition) is 0. The average molecular weight is 180 g/mol. The molecule has 0 N–H and O–H groups in total. The van der Waals surface area contributed by atoms with Gasteiger partial charge in [0, 0.05) is 4.88 Å². The van der Waals surface area contributed by atoms with E-state index in [0.29, 0.717) is 0 Å². The lowest BCUT2D eigenvalue weighted by Gasteiger charge is -1.92. The lowest BCUT2D eigenvalue weighted by Crippen LogP contribution is -1.68. The smallest absolute Gasteiger partial charge is 0.00928 e. The van der Waals surface area contributed by atoms with Gasteiger partial charge in [0.25, 0.3) is 0 Å². The minimum Gasteiger partial charge on any atom is -0.152 e. The topological polar surface area (TPSA) is 0 Å². The van der Waals surface area contributed by atoms with E-state index in [1.165, 1.54) is 16.0 Å². The Balaban J connectivity index is 2.53. The van der Waals surface area contributed by atoms with Gasteiger partial charge in [0.1, 0.15) is 0 Å². The molecule has 0 aliphatic carbocycles. The zero-order valence-corrected chi connectivity index (χ0v) is 7.84. The molecule has 0 aliphatic heterocycles. The van der Waals surface area contributed by atoms with Gasteiger partial charge in [-0.05, 0) is 46.3 Å². The summed E-state index contributed by atoms with van der Waals surface area (Å²) in [6, 6.07) is 4.35. The summed E-state index contributed by atoms with van der Waals surface area (Å²) in [7, 11) is 0. The molecule has 0 radical (unpaired) electrons. The van der Waals surface area contributed by atoms with Gasteiger partial charge < -0.3 is 0 Å². The Labute approximate surface area is 74.1 Å². The molecule has 0 fully saturated rings. The summed E-state index contributed by atoms with van der Waals surface area (Å²) < 4.78 is 0. The van der Waals surface area contributed by atoms with Crippen molar-refractivity contribution in [1.82, 2.24) is 0 Å². The highest BCUT2D eigenvalue weighted by Crippen LogP contribution is 2.28. The maximum absolute atomic E-state index is 2.19. The second kappa shape index (κ2) is 2.80. The van der Waals surface area contributed by atoms with E-state index in [1.54, 1.807) is 11.3 Å². The third-order valence-corrected chi connectivity index (χ3v) is 3.22. The van der Waals surface area contributed by atoms with E-state index in [9.17, 15) is 0 Å². The van der Waals surface area contributed by atoms with Crippen LogP contribution in [0.15, 0.2) is 28.3 Å². The van der Waals surface area contributed by atoms with Crippen LogP contribution in [0.1, 0.15) is 4.88 Å². The lowest BCUT2D eigenvalue weighted by atomic mass is 10.1. The fourth-order valence-corrected chi connectivity index (χ4v) is 2.48. The van der Waals surface area contributed by atoms with Crippen molar-refractivity contribution >= 4 is 22.7 Å². The summed E-state index contributed by atoms with van der Waals surface area (Å²) in [4.78, 5) is 1.41. The minimum absolute atomic E-state index is 1.36. The van der Waals surface area contributed by atoms with E-state index in [2.05, 4.69) is 35.2 Å². The molecule has 0 aromatic carbocycles. The van der Waals surface area contributed by atoms with Gasteiger partial charge in [-0.1, -0.05) is 0 Å². The molecular weight excluding hydrogens is 172 g/mol. The summed E-state index contributed by atoms with van der Waals surface area (Å²) in [5.74, 6) is 0. The molecule has 0 spiro atoms. The van der Waals surface area contributed by atoms with E-state index < -0.39 is 0 Å². The van der Waals surface area contributed by atoms with Crippen LogP contribution in [0.4, 0.5) is 0 Å². The van der Waals surface area contributed by atoms with Gasteiger partial charge in [-0.15, -0.1) is 11.3 Å². The van der Waals surface area contributed by atoms with E-state index in [4.69, 9.17) is 0 Å². The fourth-order valence-electron chi connectivity index (χ4n) is 1.10. The molecule has 0 aliphatic rings. The number of aryl methyl sites for hydroxylation is 1. The van der Waals surface area contributed by atoms with Crippen molar-refractivity contribution in [2.45, 2.75) is 6.92 Å². The van der Waals surface area contributed by atoms with E-state index >= 15 is 0 Å². The predicted octanol–water partition coefficient (Wildman–Crippen LogP) is 3.79. The highest BCUT2D eigenvalue weighted by atomic mass is 32.1. The largest absolute Gasteiger partial charge is 0.152 e. The first-order valence-corrected chi connectivity index (χ1v) is 5.27.